The zero-order chi connectivity index (χ0) is 14.3. The summed E-state index contributed by atoms with van der Waals surface area (Å²) >= 11 is 6.78. The number of imidazole rings is 1. The lowest BCUT2D eigenvalue weighted by atomic mass is 10.4. The Labute approximate surface area is 124 Å². The smallest absolute Gasteiger partial charge is 0.271 e. The van der Waals surface area contributed by atoms with Crippen LogP contribution in [0.3, 0.4) is 0 Å². The molecule has 0 spiro atoms. The summed E-state index contributed by atoms with van der Waals surface area (Å²) in [4.78, 5) is 4.28. The van der Waals surface area contributed by atoms with E-state index >= 15 is 0 Å². The van der Waals surface area contributed by atoms with E-state index in [1.165, 1.54) is 6.07 Å². The van der Waals surface area contributed by atoms with Crippen LogP contribution in [0.4, 0.5) is 5.69 Å². The number of nitrogens with one attached hydrogen (secondary N) is 1. The first-order chi connectivity index (χ1) is 9.44. The van der Waals surface area contributed by atoms with Gasteiger partial charge in [-0.3, -0.25) is 4.72 Å². The molecule has 104 valence electrons. The standard InChI is InChI=1S/C12H10ClN3O2S2/c1-8-6-16-7-9(2-4-11(16)14-8)15-20(17,18)12-5-3-10(13)19-12/h2-7,15H,1H3. The summed E-state index contributed by atoms with van der Waals surface area (Å²) in [7, 11) is -3.60. The van der Waals surface area contributed by atoms with Crippen LogP contribution < -0.4 is 4.72 Å². The van der Waals surface area contributed by atoms with Crippen molar-refractivity contribution in [1.29, 1.82) is 0 Å². The van der Waals surface area contributed by atoms with Gasteiger partial charge < -0.3 is 4.40 Å². The van der Waals surface area contributed by atoms with Gasteiger partial charge >= 0.3 is 0 Å². The van der Waals surface area contributed by atoms with E-state index in [-0.39, 0.29) is 4.21 Å². The molecule has 0 aliphatic rings. The summed E-state index contributed by atoms with van der Waals surface area (Å²) < 4.78 is 29.3. The van der Waals surface area contributed by atoms with E-state index in [4.69, 9.17) is 11.6 Å². The molecule has 0 saturated heterocycles. The molecule has 3 aromatic rings. The van der Waals surface area contributed by atoms with Gasteiger partial charge in [0, 0.05) is 12.4 Å². The van der Waals surface area contributed by atoms with Gasteiger partial charge in [-0.1, -0.05) is 11.6 Å². The number of pyridine rings is 1. The van der Waals surface area contributed by atoms with Gasteiger partial charge in [-0.2, -0.15) is 0 Å². The van der Waals surface area contributed by atoms with E-state index in [9.17, 15) is 8.42 Å². The zero-order valence-corrected chi connectivity index (χ0v) is 12.8. The average Bonchev–Trinajstić information content (AvgIpc) is 2.93. The van der Waals surface area contributed by atoms with Crippen LogP contribution in [-0.4, -0.2) is 17.8 Å². The van der Waals surface area contributed by atoms with E-state index in [1.54, 1.807) is 28.8 Å². The molecule has 20 heavy (non-hydrogen) atoms. The summed E-state index contributed by atoms with van der Waals surface area (Å²) in [5.74, 6) is 0. The molecule has 0 aliphatic heterocycles. The first-order valence-corrected chi connectivity index (χ1v) is 8.35. The van der Waals surface area contributed by atoms with Crippen molar-refractivity contribution in [2.75, 3.05) is 4.72 Å². The summed E-state index contributed by atoms with van der Waals surface area (Å²) in [5, 5.41) is 0. The third-order valence-corrected chi connectivity index (χ3v) is 5.74. The Morgan fingerprint density at radius 1 is 1.25 bits per heavy atom. The predicted molar refractivity (Wildman–Crippen MR) is 80.1 cm³/mol. The molecule has 0 amide bonds. The SMILES string of the molecule is Cc1cn2cc(NS(=O)(=O)c3ccc(Cl)s3)ccc2n1. The highest BCUT2D eigenvalue weighted by Crippen LogP contribution is 2.27. The molecular weight excluding hydrogens is 318 g/mol. The van der Waals surface area contributed by atoms with E-state index in [0.29, 0.717) is 10.0 Å². The number of sulfonamides is 1. The third kappa shape index (κ3) is 2.52. The highest BCUT2D eigenvalue weighted by molar-refractivity contribution is 7.94. The fraction of sp³-hybridized carbons (Fsp3) is 0.0833. The first kappa shape index (κ1) is 13.4. The molecule has 0 aliphatic carbocycles. The molecule has 0 saturated carbocycles. The molecule has 5 nitrogen and oxygen atoms in total. The molecule has 1 N–H and O–H groups in total. The monoisotopic (exact) mass is 327 g/mol. The Balaban J connectivity index is 1.96. The molecule has 0 aromatic carbocycles. The number of fused-ring (bicyclic) bond motifs is 1. The van der Waals surface area contributed by atoms with Gasteiger partial charge in [-0.15, -0.1) is 11.3 Å². The predicted octanol–water partition coefficient (Wildman–Crippen LogP) is 3.16. The molecule has 0 fully saturated rings. The summed E-state index contributed by atoms with van der Waals surface area (Å²) in [5.41, 5.74) is 2.11. The maximum Gasteiger partial charge on any atom is 0.271 e. The lowest BCUT2D eigenvalue weighted by molar-refractivity contribution is 0.603. The van der Waals surface area contributed by atoms with Gasteiger partial charge in [-0.25, -0.2) is 13.4 Å². The minimum Gasteiger partial charge on any atom is -0.305 e. The maximum atomic E-state index is 12.2. The lowest BCUT2D eigenvalue weighted by Gasteiger charge is -2.06. The zero-order valence-electron chi connectivity index (χ0n) is 10.4. The number of anilines is 1. The van der Waals surface area contributed by atoms with Crippen molar-refractivity contribution < 1.29 is 8.42 Å². The lowest BCUT2D eigenvalue weighted by Crippen LogP contribution is -2.11. The Kier molecular flexibility index (Phi) is 3.19. The summed E-state index contributed by atoms with van der Waals surface area (Å²) in [6.07, 6.45) is 3.51. The Morgan fingerprint density at radius 2 is 2.05 bits per heavy atom. The van der Waals surface area contributed by atoms with Crippen molar-refractivity contribution in [1.82, 2.24) is 9.38 Å². The van der Waals surface area contributed by atoms with Crippen molar-refractivity contribution in [3.63, 3.8) is 0 Å². The highest BCUT2D eigenvalue weighted by Gasteiger charge is 2.17. The van der Waals surface area contributed by atoms with Gasteiger partial charge in [0.1, 0.15) is 9.86 Å². The number of aryl methyl sites for hydroxylation is 1. The third-order valence-electron chi connectivity index (χ3n) is 2.64. The first-order valence-electron chi connectivity index (χ1n) is 5.67. The van der Waals surface area contributed by atoms with Crippen LogP contribution in [0.1, 0.15) is 5.69 Å². The number of thiophene rings is 1. The van der Waals surface area contributed by atoms with E-state index in [0.717, 1.165) is 22.7 Å². The van der Waals surface area contributed by atoms with Crippen LogP contribution in [0.25, 0.3) is 5.65 Å². The van der Waals surface area contributed by atoms with Gasteiger partial charge in [0.2, 0.25) is 0 Å². The molecule has 0 unspecified atom stereocenters. The number of halogens is 1. The van der Waals surface area contributed by atoms with Crippen molar-refractivity contribution in [2.45, 2.75) is 11.1 Å². The molecule has 3 aromatic heterocycles. The average molecular weight is 328 g/mol. The fourth-order valence-electron chi connectivity index (χ4n) is 1.83. The van der Waals surface area contributed by atoms with Crippen LogP contribution in [0.2, 0.25) is 4.34 Å². The van der Waals surface area contributed by atoms with Crippen LogP contribution >= 0.6 is 22.9 Å². The highest BCUT2D eigenvalue weighted by atomic mass is 35.5. The second-order valence-electron chi connectivity index (χ2n) is 4.23. The number of aromatic nitrogens is 2. The van der Waals surface area contributed by atoms with Crippen molar-refractivity contribution in [3.8, 4) is 0 Å². The van der Waals surface area contributed by atoms with Crippen molar-refractivity contribution in [2.24, 2.45) is 0 Å². The maximum absolute atomic E-state index is 12.2. The minimum atomic E-state index is -3.60. The van der Waals surface area contributed by atoms with Gasteiger partial charge in [-0.05, 0) is 31.2 Å². The number of rotatable bonds is 3. The van der Waals surface area contributed by atoms with Gasteiger partial charge in [0.05, 0.1) is 15.7 Å². The summed E-state index contributed by atoms with van der Waals surface area (Å²) in [6, 6.07) is 6.47. The van der Waals surface area contributed by atoms with Crippen molar-refractivity contribution >= 4 is 44.3 Å². The second-order valence-corrected chi connectivity index (χ2v) is 7.85. The van der Waals surface area contributed by atoms with E-state index < -0.39 is 10.0 Å². The van der Waals surface area contributed by atoms with Crippen LogP contribution in [0.15, 0.2) is 40.9 Å². The van der Waals surface area contributed by atoms with Crippen LogP contribution in [0, 0.1) is 6.92 Å². The molecule has 0 bridgehead atoms. The van der Waals surface area contributed by atoms with Gasteiger partial charge in [0.25, 0.3) is 10.0 Å². The van der Waals surface area contributed by atoms with E-state index in [2.05, 4.69) is 9.71 Å². The van der Waals surface area contributed by atoms with E-state index in [1.807, 2.05) is 13.1 Å². The van der Waals surface area contributed by atoms with Crippen LogP contribution in [0.5, 0.6) is 0 Å². The Hall–Kier alpha value is -1.57. The quantitative estimate of drug-likeness (QED) is 0.803. The molecule has 3 rings (SSSR count). The number of nitrogens with zero attached hydrogens (tertiary/aromatic N) is 2. The second kappa shape index (κ2) is 4.76. The summed E-state index contributed by atoms with van der Waals surface area (Å²) in [6.45, 7) is 1.88. The topological polar surface area (TPSA) is 63.5 Å². The normalized spacial score (nSPS) is 11.9. The molecule has 0 radical (unpaired) electrons. The number of hydrogen-bond acceptors (Lipinski definition) is 4. The Bertz CT molecular complexity index is 883. The van der Waals surface area contributed by atoms with Crippen LogP contribution in [-0.2, 0) is 10.0 Å². The van der Waals surface area contributed by atoms with Crippen molar-refractivity contribution in [3.05, 3.63) is 46.7 Å². The minimum absolute atomic E-state index is 0.185. The molecule has 0 atom stereocenters. The number of hydrogen-bond donors (Lipinski definition) is 1. The molecular formula is C12H10ClN3O2S2. The molecule has 8 heteroatoms. The molecule has 3 heterocycles. The van der Waals surface area contributed by atoms with Gasteiger partial charge in [0.15, 0.2) is 0 Å². The fourth-order valence-corrected chi connectivity index (χ4v) is 4.35. The largest absolute Gasteiger partial charge is 0.305 e. The Morgan fingerprint density at radius 3 is 2.75 bits per heavy atom.